The van der Waals surface area contributed by atoms with Gasteiger partial charge in [0.1, 0.15) is 11.2 Å². The number of para-hydroxylation sites is 1. The Morgan fingerprint density at radius 2 is 1.39 bits per heavy atom. The summed E-state index contributed by atoms with van der Waals surface area (Å²) in [5, 5.41) is 4.70. The van der Waals surface area contributed by atoms with Crippen LogP contribution in [0.4, 0.5) is 0 Å². The van der Waals surface area contributed by atoms with Crippen molar-refractivity contribution in [1.82, 2.24) is 9.97 Å². The van der Waals surface area contributed by atoms with Crippen molar-refractivity contribution in [3.05, 3.63) is 181 Å². The van der Waals surface area contributed by atoms with Crippen LogP contribution < -0.4 is 0 Å². The van der Waals surface area contributed by atoms with Gasteiger partial charge in [-0.25, -0.2) is 0 Å². The van der Waals surface area contributed by atoms with E-state index in [2.05, 4.69) is 153 Å². The topological polar surface area (TPSA) is 38.9 Å². The summed E-state index contributed by atoms with van der Waals surface area (Å²) >= 11 is 0. The van der Waals surface area contributed by atoms with Gasteiger partial charge in [-0.15, -0.1) is 59.2 Å². The van der Waals surface area contributed by atoms with E-state index in [-0.39, 0.29) is 20.1 Å². The van der Waals surface area contributed by atoms with Crippen LogP contribution in [0.5, 0.6) is 0 Å². The summed E-state index contributed by atoms with van der Waals surface area (Å²) in [6, 6.07) is 57.1. The van der Waals surface area contributed by atoms with Crippen LogP contribution in [-0.2, 0) is 26.5 Å². The Hall–Kier alpha value is -5.67. The molecule has 0 saturated carbocycles. The summed E-state index contributed by atoms with van der Waals surface area (Å²) in [5.41, 5.74) is 13.2. The average molecular weight is 877 g/mol. The largest absolute Gasteiger partial charge is 0.456 e. The van der Waals surface area contributed by atoms with Gasteiger partial charge < -0.3 is 14.4 Å². The molecule has 6 aromatic carbocycles. The van der Waals surface area contributed by atoms with E-state index in [0.717, 1.165) is 67.6 Å². The standard InChI is InChI=1S/C33H20NO.C17H20N.Ir/c1-2-9-22(10-3-1)29-21-23(16-17-26(29)30-14-6-7-20-34-30)24-12-8-13-27-25(24)18-19-32-33(27)28-11-4-5-15-31(28)35-32;1-13-5-8-15(9-6-13)16-10-7-14(12-18-16)11-17(2,3)4;/h1-16,18-21H;5-8,10,12H,11H2,1-4H3;/q2*-1;. The second-order valence-corrected chi connectivity index (χ2v) is 14.8. The molecule has 0 saturated heterocycles. The average Bonchev–Trinajstić information content (AvgIpc) is 3.58. The fourth-order valence-corrected chi connectivity index (χ4v) is 7.02. The molecule has 0 fully saturated rings. The number of aryl methyl sites for hydroxylation is 1. The minimum absolute atomic E-state index is 0. The molecule has 54 heavy (non-hydrogen) atoms. The summed E-state index contributed by atoms with van der Waals surface area (Å²) in [7, 11) is 0. The predicted octanol–water partition coefficient (Wildman–Crippen LogP) is 13.4. The first-order valence-electron chi connectivity index (χ1n) is 18.1. The van der Waals surface area contributed by atoms with Crippen molar-refractivity contribution in [3.8, 4) is 44.8 Å². The normalized spacial score (nSPS) is 11.3. The van der Waals surface area contributed by atoms with Crippen LogP contribution >= 0.6 is 0 Å². The Morgan fingerprint density at radius 1 is 0.593 bits per heavy atom. The molecule has 267 valence electrons. The number of aromatic nitrogens is 2. The zero-order valence-corrected chi connectivity index (χ0v) is 33.2. The van der Waals surface area contributed by atoms with Gasteiger partial charge >= 0.3 is 0 Å². The quantitative estimate of drug-likeness (QED) is 0.162. The Labute approximate surface area is 331 Å². The fraction of sp³-hybridized carbons (Fsp3) is 0.120. The van der Waals surface area contributed by atoms with E-state index in [9.17, 15) is 0 Å². The Bertz CT molecular complexity index is 2660. The number of rotatable bonds is 5. The third-order valence-electron chi connectivity index (χ3n) is 9.46. The second kappa shape index (κ2) is 15.7. The minimum Gasteiger partial charge on any atom is -0.456 e. The van der Waals surface area contributed by atoms with E-state index < -0.39 is 0 Å². The minimum atomic E-state index is 0. The van der Waals surface area contributed by atoms with Gasteiger partial charge in [0, 0.05) is 43.3 Å². The number of pyridine rings is 2. The van der Waals surface area contributed by atoms with E-state index in [1.807, 2.05) is 54.9 Å². The number of furan rings is 1. The molecule has 3 nitrogen and oxygen atoms in total. The van der Waals surface area contributed by atoms with Gasteiger partial charge in [-0.2, -0.15) is 0 Å². The molecule has 4 heteroatoms. The smallest absolute Gasteiger partial charge is 0.136 e. The zero-order valence-electron chi connectivity index (χ0n) is 30.9. The molecule has 0 bridgehead atoms. The van der Waals surface area contributed by atoms with Gasteiger partial charge in [0.25, 0.3) is 0 Å². The molecular formula is C50H40IrN2O-2. The van der Waals surface area contributed by atoms with Crippen molar-refractivity contribution >= 4 is 32.7 Å². The van der Waals surface area contributed by atoms with Crippen molar-refractivity contribution in [3.63, 3.8) is 0 Å². The monoisotopic (exact) mass is 877 g/mol. The molecular weight excluding hydrogens is 837 g/mol. The van der Waals surface area contributed by atoms with Crippen molar-refractivity contribution < 1.29 is 24.5 Å². The molecule has 0 N–H and O–H groups in total. The number of fused-ring (bicyclic) bond motifs is 5. The third kappa shape index (κ3) is 7.82. The SMILES string of the molecule is Cc1c[c-]c(-c2ccc(CC(C)(C)C)cn2)cc1.[Ir].[c-]1cc(-c2cccc3c2ccc2oc4ccccc4c23)cc(-c2ccccc2)c1-c1ccccn1. The molecule has 0 amide bonds. The van der Waals surface area contributed by atoms with Crippen molar-refractivity contribution in [2.24, 2.45) is 5.41 Å². The van der Waals surface area contributed by atoms with Gasteiger partial charge in [-0.05, 0) is 57.8 Å². The summed E-state index contributed by atoms with van der Waals surface area (Å²) < 4.78 is 6.13. The molecule has 0 spiro atoms. The molecule has 0 aliphatic carbocycles. The van der Waals surface area contributed by atoms with Crippen LogP contribution in [-0.4, -0.2) is 9.97 Å². The van der Waals surface area contributed by atoms with Crippen LogP contribution in [0.1, 0.15) is 31.9 Å². The fourth-order valence-electron chi connectivity index (χ4n) is 7.02. The zero-order chi connectivity index (χ0) is 36.4. The summed E-state index contributed by atoms with van der Waals surface area (Å²) in [4.78, 5) is 9.13. The van der Waals surface area contributed by atoms with E-state index >= 15 is 0 Å². The number of hydrogen-bond acceptors (Lipinski definition) is 3. The summed E-state index contributed by atoms with van der Waals surface area (Å²) in [6.07, 6.45) is 4.86. The molecule has 0 aliphatic heterocycles. The summed E-state index contributed by atoms with van der Waals surface area (Å²) in [6.45, 7) is 8.80. The number of benzene rings is 6. The molecule has 1 radical (unpaired) electrons. The number of hydrogen-bond donors (Lipinski definition) is 0. The first-order valence-corrected chi connectivity index (χ1v) is 18.1. The van der Waals surface area contributed by atoms with Gasteiger partial charge in [0.15, 0.2) is 0 Å². The third-order valence-corrected chi connectivity index (χ3v) is 9.46. The van der Waals surface area contributed by atoms with Gasteiger partial charge in [0.05, 0.1) is 0 Å². The van der Waals surface area contributed by atoms with Crippen molar-refractivity contribution in [2.45, 2.75) is 34.1 Å². The molecule has 0 aliphatic rings. The molecule has 0 atom stereocenters. The van der Waals surface area contributed by atoms with E-state index in [1.165, 1.54) is 27.5 Å². The van der Waals surface area contributed by atoms with E-state index in [0.29, 0.717) is 5.41 Å². The Kier molecular flexibility index (Phi) is 10.7. The molecule has 0 unspecified atom stereocenters. The van der Waals surface area contributed by atoms with Crippen LogP contribution in [0.3, 0.4) is 0 Å². The van der Waals surface area contributed by atoms with E-state index in [1.54, 1.807) is 0 Å². The molecule has 9 aromatic rings. The van der Waals surface area contributed by atoms with Crippen molar-refractivity contribution in [2.75, 3.05) is 0 Å². The maximum Gasteiger partial charge on any atom is 0.136 e. The maximum atomic E-state index is 6.13. The van der Waals surface area contributed by atoms with Gasteiger partial charge in [-0.3, -0.25) is 0 Å². The van der Waals surface area contributed by atoms with E-state index in [4.69, 9.17) is 4.42 Å². The Morgan fingerprint density at radius 3 is 2.13 bits per heavy atom. The molecule has 3 aromatic heterocycles. The van der Waals surface area contributed by atoms with Gasteiger partial charge in [-0.1, -0.05) is 147 Å². The van der Waals surface area contributed by atoms with Crippen molar-refractivity contribution in [1.29, 1.82) is 0 Å². The van der Waals surface area contributed by atoms with Crippen LogP contribution in [0.2, 0.25) is 0 Å². The number of nitrogens with zero attached hydrogens (tertiary/aromatic N) is 2. The predicted molar refractivity (Wildman–Crippen MR) is 221 cm³/mol. The van der Waals surface area contributed by atoms with Crippen LogP contribution in [0, 0.1) is 24.5 Å². The second-order valence-electron chi connectivity index (χ2n) is 14.8. The van der Waals surface area contributed by atoms with Crippen LogP contribution in [0.25, 0.3) is 77.5 Å². The Balaban J connectivity index is 0.000000201. The molecule has 9 rings (SSSR count). The molecule has 3 heterocycles. The summed E-state index contributed by atoms with van der Waals surface area (Å²) in [5.74, 6) is 0. The van der Waals surface area contributed by atoms with Crippen LogP contribution in [0.15, 0.2) is 162 Å². The first-order chi connectivity index (χ1) is 25.8. The van der Waals surface area contributed by atoms with Gasteiger partial charge in [0.2, 0.25) is 0 Å². The first kappa shape index (κ1) is 36.7. The maximum absolute atomic E-state index is 6.13.